The van der Waals surface area contributed by atoms with Crippen LogP contribution in [-0.4, -0.2) is 11.2 Å². The van der Waals surface area contributed by atoms with Crippen molar-refractivity contribution in [2.45, 2.75) is 38.3 Å². The van der Waals surface area contributed by atoms with E-state index in [1.165, 1.54) is 0 Å². The van der Waals surface area contributed by atoms with Crippen molar-refractivity contribution in [2.24, 2.45) is 0 Å². The van der Waals surface area contributed by atoms with Gasteiger partial charge in [0, 0.05) is 5.56 Å². The number of hydrogen-bond donors (Lipinski definition) is 0. The van der Waals surface area contributed by atoms with Crippen LogP contribution in [0.2, 0.25) is 0 Å². The molecule has 2 unspecified atom stereocenters. The second-order valence-electron chi connectivity index (χ2n) is 4.51. The minimum absolute atomic E-state index is 0.264. The molecular weight excluding hydrogens is 317 g/mol. The van der Waals surface area contributed by atoms with Crippen LogP contribution >= 0.6 is 8.58 Å². The Hall–Kier alpha value is -1.10. The van der Waals surface area contributed by atoms with Crippen LogP contribution in [0.4, 0.5) is 26.3 Å². The molecule has 0 radical (unpaired) electrons. The number of benzene rings is 1. The lowest BCUT2D eigenvalue weighted by Crippen LogP contribution is -2.19. The van der Waals surface area contributed by atoms with Gasteiger partial charge < -0.3 is 0 Å². The molecule has 1 aromatic rings. The third-order valence-electron chi connectivity index (χ3n) is 2.89. The Morgan fingerprint density at radius 2 is 1.52 bits per heavy atom. The van der Waals surface area contributed by atoms with Crippen LogP contribution in [0.1, 0.15) is 41.8 Å². The van der Waals surface area contributed by atoms with Gasteiger partial charge in [-0.25, -0.2) is 0 Å². The van der Waals surface area contributed by atoms with Gasteiger partial charge in [-0.15, -0.1) is 0 Å². The van der Waals surface area contributed by atoms with Crippen LogP contribution in [0, 0.1) is 0 Å². The molecule has 1 rings (SSSR count). The predicted molar refractivity (Wildman–Crippen MR) is 68.8 cm³/mol. The normalized spacial score (nSPS) is 14.7. The van der Waals surface area contributed by atoms with Crippen molar-refractivity contribution in [3.63, 3.8) is 0 Å². The zero-order valence-electron chi connectivity index (χ0n) is 11.2. The number of halogens is 6. The van der Waals surface area contributed by atoms with Gasteiger partial charge in [0.05, 0.1) is 11.1 Å². The van der Waals surface area contributed by atoms with E-state index in [1.807, 2.05) is 0 Å². The van der Waals surface area contributed by atoms with Gasteiger partial charge >= 0.3 is 12.4 Å². The Kier molecular flexibility index (Phi) is 5.42. The molecule has 1 aromatic carbocycles. The molecule has 1 nitrogen and oxygen atoms in total. The Labute approximate surface area is 119 Å². The molecular formula is C13H13F6OP. The van der Waals surface area contributed by atoms with E-state index >= 15 is 0 Å². The zero-order valence-corrected chi connectivity index (χ0v) is 12.2. The smallest absolute Gasteiger partial charge is 0.289 e. The first-order valence-electron chi connectivity index (χ1n) is 6.06. The molecule has 0 aliphatic heterocycles. The topological polar surface area (TPSA) is 17.1 Å². The van der Waals surface area contributed by atoms with Gasteiger partial charge in [0.15, 0.2) is 5.52 Å². The molecule has 0 saturated carbocycles. The van der Waals surface area contributed by atoms with E-state index in [2.05, 4.69) is 0 Å². The molecule has 2 atom stereocenters. The monoisotopic (exact) mass is 330 g/mol. The summed E-state index contributed by atoms with van der Waals surface area (Å²) in [6.45, 7) is 3.32. The summed E-state index contributed by atoms with van der Waals surface area (Å²) in [6, 6.07) is 1.67. The lowest BCUT2D eigenvalue weighted by atomic mass is 10.0. The van der Waals surface area contributed by atoms with Gasteiger partial charge in [0.1, 0.15) is 0 Å². The van der Waals surface area contributed by atoms with E-state index in [-0.39, 0.29) is 5.66 Å². The average molecular weight is 330 g/mol. The maximum atomic E-state index is 12.9. The summed E-state index contributed by atoms with van der Waals surface area (Å²) in [5, 5.41) is 0. The Bertz CT molecular complexity index is 488. The van der Waals surface area contributed by atoms with Gasteiger partial charge in [0.25, 0.3) is 0 Å². The molecule has 0 fully saturated rings. The third-order valence-corrected chi connectivity index (χ3v) is 4.31. The van der Waals surface area contributed by atoms with E-state index in [9.17, 15) is 31.1 Å². The van der Waals surface area contributed by atoms with Crippen LogP contribution < -0.4 is 0 Å². The summed E-state index contributed by atoms with van der Waals surface area (Å²) in [7, 11) is -0.631. The van der Waals surface area contributed by atoms with Gasteiger partial charge in [-0.3, -0.25) is 4.79 Å². The number of carbonyl (C=O) groups excluding carboxylic acids is 1. The van der Waals surface area contributed by atoms with Crippen LogP contribution in [0.3, 0.4) is 0 Å². The molecule has 8 heteroatoms. The average Bonchev–Trinajstić information content (AvgIpc) is 2.35. The molecule has 0 saturated heterocycles. The van der Waals surface area contributed by atoms with Gasteiger partial charge in [-0.1, -0.05) is 19.9 Å². The maximum absolute atomic E-state index is 12.9. The third kappa shape index (κ3) is 4.43. The first kappa shape index (κ1) is 18.0. The molecule has 0 amide bonds. The van der Waals surface area contributed by atoms with Crippen molar-refractivity contribution in [3.8, 4) is 0 Å². The summed E-state index contributed by atoms with van der Waals surface area (Å²) in [5.74, 6) is 0. The van der Waals surface area contributed by atoms with Crippen LogP contribution in [0.25, 0.3) is 0 Å². The van der Waals surface area contributed by atoms with Crippen molar-refractivity contribution in [1.29, 1.82) is 0 Å². The van der Waals surface area contributed by atoms with E-state index < -0.39 is 43.1 Å². The molecule has 21 heavy (non-hydrogen) atoms. The molecule has 118 valence electrons. The van der Waals surface area contributed by atoms with E-state index in [0.717, 1.165) is 0 Å². The lowest BCUT2D eigenvalue weighted by Gasteiger charge is -2.18. The highest BCUT2D eigenvalue weighted by Gasteiger charge is 2.42. The number of carbonyl (C=O) groups is 1. The minimum atomic E-state index is -5.01. The first-order valence-corrected chi connectivity index (χ1v) is 7.14. The van der Waals surface area contributed by atoms with Gasteiger partial charge in [0.2, 0.25) is 0 Å². The molecule has 0 heterocycles. The highest BCUT2D eigenvalue weighted by atomic mass is 31.1. The van der Waals surface area contributed by atoms with Crippen molar-refractivity contribution >= 4 is 14.1 Å². The lowest BCUT2D eigenvalue weighted by molar-refractivity contribution is -0.143. The summed E-state index contributed by atoms with van der Waals surface area (Å²) >= 11 is 0. The van der Waals surface area contributed by atoms with Crippen LogP contribution in [0.15, 0.2) is 18.2 Å². The molecule has 0 N–H and O–H groups in total. The SMILES string of the molecule is CCC(C)PC(=O)c1c(C(F)(F)F)cccc1C(F)(F)F. The van der Waals surface area contributed by atoms with Crippen molar-refractivity contribution < 1.29 is 31.1 Å². The minimum Gasteiger partial charge on any atom is -0.289 e. The Balaban J connectivity index is 3.47. The fraction of sp³-hybridized carbons (Fsp3) is 0.462. The maximum Gasteiger partial charge on any atom is 0.417 e. The summed E-state index contributed by atoms with van der Waals surface area (Å²) in [6.07, 6.45) is -9.52. The number of hydrogen-bond acceptors (Lipinski definition) is 1. The Morgan fingerprint density at radius 3 is 1.86 bits per heavy atom. The fourth-order valence-corrected chi connectivity index (χ4v) is 2.73. The van der Waals surface area contributed by atoms with Crippen molar-refractivity contribution in [3.05, 3.63) is 34.9 Å². The van der Waals surface area contributed by atoms with E-state index in [0.29, 0.717) is 24.6 Å². The number of rotatable bonds is 4. The van der Waals surface area contributed by atoms with Crippen molar-refractivity contribution in [2.75, 3.05) is 0 Å². The molecule has 0 aliphatic rings. The fourth-order valence-electron chi connectivity index (χ4n) is 1.67. The first-order chi connectivity index (χ1) is 9.48. The molecule has 0 spiro atoms. The second kappa shape index (κ2) is 6.34. The zero-order chi connectivity index (χ0) is 16.4. The molecule has 0 bridgehead atoms. The van der Waals surface area contributed by atoms with Crippen LogP contribution in [-0.2, 0) is 12.4 Å². The highest BCUT2D eigenvalue weighted by Crippen LogP contribution is 2.42. The van der Waals surface area contributed by atoms with E-state index in [1.54, 1.807) is 13.8 Å². The second-order valence-corrected chi connectivity index (χ2v) is 6.23. The Morgan fingerprint density at radius 1 is 1.10 bits per heavy atom. The predicted octanol–water partition coefficient (Wildman–Crippen LogP) is 5.34. The molecule has 0 aliphatic carbocycles. The van der Waals surface area contributed by atoms with Gasteiger partial charge in [-0.05, 0) is 32.8 Å². The van der Waals surface area contributed by atoms with E-state index in [4.69, 9.17) is 0 Å². The van der Waals surface area contributed by atoms with Crippen LogP contribution in [0.5, 0.6) is 0 Å². The summed E-state index contributed by atoms with van der Waals surface area (Å²) in [5.41, 5.74) is -5.70. The quantitative estimate of drug-likeness (QED) is 0.538. The summed E-state index contributed by atoms with van der Waals surface area (Å²) < 4.78 is 77.3. The van der Waals surface area contributed by atoms with Crippen molar-refractivity contribution in [1.82, 2.24) is 0 Å². The standard InChI is InChI=1S/C13H13F6OP/c1-3-7(2)21-11(20)10-8(12(14,15)16)5-4-6-9(10)13(17,18)19/h4-7,21H,3H2,1-2H3. The van der Waals surface area contributed by atoms with Gasteiger partial charge in [-0.2, -0.15) is 26.3 Å². The molecule has 0 aromatic heterocycles. The largest absolute Gasteiger partial charge is 0.417 e. The highest BCUT2D eigenvalue weighted by molar-refractivity contribution is 7.59. The number of alkyl halides is 6. The summed E-state index contributed by atoms with van der Waals surface area (Å²) in [4.78, 5) is 12.0.